The molecule has 188 valence electrons. The van der Waals surface area contributed by atoms with Gasteiger partial charge in [-0.05, 0) is 61.6 Å². The van der Waals surface area contributed by atoms with E-state index in [1.807, 2.05) is 30.5 Å². The van der Waals surface area contributed by atoms with Gasteiger partial charge < -0.3 is 9.72 Å². The summed E-state index contributed by atoms with van der Waals surface area (Å²) in [5, 5.41) is 8.56. The van der Waals surface area contributed by atoms with Crippen LogP contribution in [0.3, 0.4) is 0 Å². The lowest BCUT2D eigenvalue weighted by atomic mass is 9.98. The first-order valence-electron chi connectivity index (χ1n) is 12.9. The standard InChI is InChI=1S/C30H25FN6O/c31-25-9-5-4-8-22(25)23-12-13-33-29-27(23)34-30(35-29)28-24-15-18(10-11-26(24)36-37-28)19-14-21(17-32-16-19)38-20-6-2-1-3-7-20/h4-5,8-17,20H,1-3,6-7H2,(H,36,37)(H,33,34,35). The fourth-order valence-corrected chi connectivity index (χ4v) is 5.31. The molecule has 2 N–H and O–H groups in total. The van der Waals surface area contributed by atoms with Crippen LogP contribution in [0.5, 0.6) is 5.75 Å². The molecule has 7 rings (SSSR count). The van der Waals surface area contributed by atoms with Crippen molar-refractivity contribution in [1.29, 1.82) is 0 Å². The molecule has 2 aromatic carbocycles. The molecule has 1 fully saturated rings. The van der Waals surface area contributed by atoms with Crippen molar-refractivity contribution in [2.75, 3.05) is 0 Å². The maximum atomic E-state index is 14.6. The third kappa shape index (κ3) is 4.08. The molecule has 0 saturated heterocycles. The van der Waals surface area contributed by atoms with Gasteiger partial charge in [-0.3, -0.25) is 10.1 Å². The van der Waals surface area contributed by atoms with Gasteiger partial charge in [-0.2, -0.15) is 5.10 Å². The smallest absolute Gasteiger partial charge is 0.160 e. The van der Waals surface area contributed by atoms with Crippen molar-refractivity contribution < 1.29 is 9.13 Å². The van der Waals surface area contributed by atoms with E-state index in [0.717, 1.165) is 40.6 Å². The monoisotopic (exact) mass is 504 g/mol. The molecule has 1 aliphatic carbocycles. The highest BCUT2D eigenvalue weighted by atomic mass is 19.1. The predicted molar refractivity (Wildman–Crippen MR) is 145 cm³/mol. The van der Waals surface area contributed by atoms with Gasteiger partial charge in [0.2, 0.25) is 0 Å². The first-order valence-corrected chi connectivity index (χ1v) is 12.9. The van der Waals surface area contributed by atoms with E-state index in [4.69, 9.17) is 9.72 Å². The first-order chi connectivity index (χ1) is 18.7. The Labute approximate surface area is 218 Å². The molecular weight excluding hydrogens is 479 g/mol. The van der Waals surface area contributed by atoms with Crippen LogP contribution in [-0.2, 0) is 0 Å². The normalized spacial score (nSPS) is 14.3. The van der Waals surface area contributed by atoms with E-state index >= 15 is 0 Å². The summed E-state index contributed by atoms with van der Waals surface area (Å²) in [5.41, 5.74) is 5.85. The molecule has 8 heteroatoms. The van der Waals surface area contributed by atoms with E-state index < -0.39 is 0 Å². The minimum Gasteiger partial charge on any atom is -0.489 e. The van der Waals surface area contributed by atoms with E-state index in [9.17, 15) is 4.39 Å². The number of aromatic nitrogens is 6. The Morgan fingerprint density at radius 3 is 2.68 bits per heavy atom. The lowest BCUT2D eigenvalue weighted by Gasteiger charge is -2.23. The van der Waals surface area contributed by atoms with E-state index in [1.165, 1.54) is 25.3 Å². The number of pyridine rings is 2. The molecule has 7 nitrogen and oxygen atoms in total. The fourth-order valence-electron chi connectivity index (χ4n) is 5.31. The maximum absolute atomic E-state index is 14.6. The van der Waals surface area contributed by atoms with Crippen LogP contribution in [0.1, 0.15) is 32.1 Å². The Morgan fingerprint density at radius 1 is 0.895 bits per heavy atom. The summed E-state index contributed by atoms with van der Waals surface area (Å²) in [6.45, 7) is 0. The molecule has 0 atom stereocenters. The van der Waals surface area contributed by atoms with Crippen molar-refractivity contribution in [3.63, 3.8) is 0 Å². The molecule has 6 aromatic rings. The Hall–Kier alpha value is -4.59. The average Bonchev–Trinajstić information content (AvgIpc) is 3.58. The summed E-state index contributed by atoms with van der Waals surface area (Å²) >= 11 is 0. The molecule has 0 aliphatic heterocycles. The quantitative estimate of drug-likeness (QED) is 0.262. The minimum atomic E-state index is -0.303. The number of imidazole rings is 1. The van der Waals surface area contributed by atoms with Gasteiger partial charge in [0.15, 0.2) is 11.5 Å². The fraction of sp³-hybridized carbons (Fsp3) is 0.200. The molecule has 0 amide bonds. The summed E-state index contributed by atoms with van der Waals surface area (Å²) in [6, 6.07) is 16.6. The Kier molecular flexibility index (Phi) is 5.57. The maximum Gasteiger partial charge on any atom is 0.160 e. The summed E-state index contributed by atoms with van der Waals surface area (Å²) < 4.78 is 20.8. The first kappa shape index (κ1) is 22.6. The lowest BCUT2D eigenvalue weighted by Crippen LogP contribution is -2.19. The number of nitrogens with one attached hydrogen (secondary N) is 2. The highest BCUT2D eigenvalue weighted by Gasteiger charge is 2.18. The van der Waals surface area contributed by atoms with E-state index in [-0.39, 0.29) is 11.9 Å². The lowest BCUT2D eigenvalue weighted by molar-refractivity contribution is 0.154. The van der Waals surface area contributed by atoms with Crippen LogP contribution in [0.2, 0.25) is 0 Å². The third-order valence-electron chi connectivity index (χ3n) is 7.24. The average molecular weight is 505 g/mol. The van der Waals surface area contributed by atoms with Crippen LogP contribution < -0.4 is 4.74 Å². The zero-order valence-electron chi connectivity index (χ0n) is 20.6. The Balaban J connectivity index is 1.26. The highest BCUT2D eigenvalue weighted by molar-refractivity contribution is 5.97. The number of H-pyrrole nitrogens is 2. The molecule has 38 heavy (non-hydrogen) atoms. The van der Waals surface area contributed by atoms with Crippen LogP contribution in [0, 0.1) is 5.82 Å². The minimum absolute atomic E-state index is 0.264. The zero-order valence-corrected chi connectivity index (χ0v) is 20.6. The summed E-state index contributed by atoms with van der Waals surface area (Å²) in [5.74, 6) is 1.06. The van der Waals surface area contributed by atoms with Crippen molar-refractivity contribution in [2.45, 2.75) is 38.2 Å². The van der Waals surface area contributed by atoms with Gasteiger partial charge in [-0.15, -0.1) is 0 Å². The van der Waals surface area contributed by atoms with Gasteiger partial charge in [-0.25, -0.2) is 14.4 Å². The van der Waals surface area contributed by atoms with Crippen LogP contribution in [0.4, 0.5) is 4.39 Å². The van der Waals surface area contributed by atoms with Crippen molar-refractivity contribution in [3.8, 4) is 39.5 Å². The SMILES string of the molecule is Fc1ccccc1-c1ccnc2[nH]c(-c3n[nH]c4ccc(-c5cncc(OC6CCCCC6)c5)cc34)nc12. The number of hydrogen-bond donors (Lipinski definition) is 2. The predicted octanol–water partition coefficient (Wildman–Crippen LogP) is 7.08. The molecule has 4 heterocycles. The van der Waals surface area contributed by atoms with Gasteiger partial charge >= 0.3 is 0 Å². The summed E-state index contributed by atoms with van der Waals surface area (Å²) in [6.07, 6.45) is 11.5. The molecule has 1 aliphatic rings. The number of rotatable bonds is 5. The van der Waals surface area contributed by atoms with Crippen molar-refractivity contribution in [3.05, 3.63) is 79.0 Å². The second-order valence-corrected chi connectivity index (χ2v) is 9.74. The van der Waals surface area contributed by atoms with Gasteiger partial charge in [0.1, 0.15) is 22.8 Å². The summed E-state index contributed by atoms with van der Waals surface area (Å²) in [4.78, 5) is 17.0. The zero-order chi connectivity index (χ0) is 25.5. The largest absolute Gasteiger partial charge is 0.489 e. The number of nitrogens with zero attached hydrogens (tertiary/aromatic N) is 4. The van der Waals surface area contributed by atoms with Gasteiger partial charge in [0.05, 0.1) is 17.8 Å². The Bertz CT molecular complexity index is 1770. The highest BCUT2D eigenvalue weighted by Crippen LogP contribution is 2.34. The van der Waals surface area contributed by atoms with Crippen LogP contribution in [0.15, 0.2) is 73.2 Å². The molecular formula is C30H25FN6O. The van der Waals surface area contributed by atoms with E-state index in [0.29, 0.717) is 33.8 Å². The molecule has 4 aromatic heterocycles. The van der Waals surface area contributed by atoms with Crippen molar-refractivity contribution in [1.82, 2.24) is 30.1 Å². The second-order valence-electron chi connectivity index (χ2n) is 9.74. The van der Waals surface area contributed by atoms with Gasteiger partial charge in [0, 0.05) is 34.5 Å². The molecule has 0 unspecified atom stereocenters. The van der Waals surface area contributed by atoms with Crippen LogP contribution >= 0.6 is 0 Å². The Morgan fingerprint density at radius 2 is 1.79 bits per heavy atom. The van der Waals surface area contributed by atoms with Gasteiger partial charge in [0.25, 0.3) is 0 Å². The number of aromatic amines is 2. The van der Waals surface area contributed by atoms with Crippen molar-refractivity contribution in [2.24, 2.45) is 0 Å². The summed E-state index contributed by atoms with van der Waals surface area (Å²) in [7, 11) is 0. The second kappa shape index (κ2) is 9.37. The van der Waals surface area contributed by atoms with Crippen LogP contribution in [0.25, 0.3) is 55.8 Å². The molecule has 0 spiro atoms. The molecule has 1 saturated carbocycles. The number of ether oxygens (including phenoxy) is 1. The number of halogens is 1. The molecule has 0 bridgehead atoms. The number of benzene rings is 2. The topological polar surface area (TPSA) is 92.4 Å². The van der Waals surface area contributed by atoms with E-state index in [2.05, 4.69) is 31.2 Å². The third-order valence-corrected chi connectivity index (χ3v) is 7.24. The van der Waals surface area contributed by atoms with Crippen LogP contribution in [-0.4, -0.2) is 36.2 Å². The van der Waals surface area contributed by atoms with Gasteiger partial charge in [-0.1, -0.05) is 30.7 Å². The molecule has 0 radical (unpaired) electrons. The number of hydrogen-bond acceptors (Lipinski definition) is 5. The van der Waals surface area contributed by atoms with Crippen molar-refractivity contribution >= 4 is 22.1 Å². The number of fused-ring (bicyclic) bond motifs is 2. The van der Waals surface area contributed by atoms with E-state index in [1.54, 1.807) is 30.6 Å².